The van der Waals surface area contributed by atoms with Gasteiger partial charge in [0, 0.05) is 40.9 Å². The number of halogens is 1. The Kier molecular flexibility index (Phi) is 10.2. The smallest absolute Gasteiger partial charge is 0.0921 e. The number of rotatable bonds is 15. The molecule has 6 nitrogen and oxygen atoms in total. The Balaban J connectivity index is 1.20. The Morgan fingerprint density at radius 3 is 2.15 bits per heavy atom. The molecule has 0 saturated carbocycles. The lowest BCUT2D eigenvalue weighted by Crippen LogP contribution is -2.29. The van der Waals surface area contributed by atoms with E-state index in [1.807, 2.05) is 18.6 Å². The summed E-state index contributed by atoms with van der Waals surface area (Å²) in [5.41, 5.74) is 7.92. The molecule has 1 aliphatic carbocycles. The summed E-state index contributed by atoms with van der Waals surface area (Å²) < 4.78 is 0. The van der Waals surface area contributed by atoms with E-state index in [1.54, 1.807) is 12.7 Å². The second-order valence-electron chi connectivity index (χ2n) is 10.8. The molecule has 0 saturated heterocycles. The van der Waals surface area contributed by atoms with Crippen LogP contribution in [0.2, 0.25) is 5.02 Å². The molecule has 0 fully saturated rings. The Labute approximate surface area is 237 Å². The molecule has 39 heavy (non-hydrogen) atoms. The average molecular weight is 545 g/mol. The van der Waals surface area contributed by atoms with E-state index in [9.17, 15) is 0 Å². The fourth-order valence-corrected chi connectivity index (χ4v) is 6.16. The van der Waals surface area contributed by atoms with E-state index in [0.717, 1.165) is 56.8 Å². The molecule has 1 aliphatic rings. The van der Waals surface area contributed by atoms with Gasteiger partial charge in [0.05, 0.1) is 18.3 Å². The van der Waals surface area contributed by atoms with Gasteiger partial charge >= 0.3 is 0 Å². The van der Waals surface area contributed by atoms with Crippen molar-refractivity contribution in [3.63, 3.8) is 0 Å². The first-order valence-corrected chi connectivity index (χ1v) is 15.0. The number of hydrogen-bond donors (Lipinski definition) is 2. The maximum atomic E-state index is 6.41. The van der Waals surface area contributed by atoms with Crippen LogP contribution in [0.15, 0.2) is 61.6 Å². The second kappa shape index (κ2) is 14.4. The van der Waals surface area contributed by atoms with Gasteiger partial charge in [0.15, 0.2) is 0 Å². The molecule has 1 atom stereocenters. The van der Waals surface area contributed by atoms with Crippen LogP contribution in [0.1, 0.15) is 84.6 Å². The van der Waals surface area contributed by atoms with E-state index in [2.05, 4.69) is 55.2 Å². The Morgan fingerprint density at radius 2 is 1.49 bits per heavy atom. The Morgan fingerprint density at radius 1 is 0.795 bits per heavy atom. The van der Waals surface area contributed by atoms with Crippen LogP contribution >= 0.6 is 11.6 Å². The topological polar surface area (TPSA) is 73.5 Å². The minimum Gasteiger partial charge on any atom is -0.348 e. The van der Waals surface area contributed by atoms with Crippen LogP contribution < -0.4 is 0 Å². The zero-order chi connectivity index (χ0) is 26.7. The Bertz CT molecular complexity index is 1210. The van der Waals surface area contributed by atoms with Gasteiger partial charge in [0.25, 0.3) is 0 Å². The van der Waals surface area contributed by atoms with Gasteiger partial charge in [-0.15, -0.1) is 0 Å². The molecule has 2 N–H and O–H groups in total. The number of fused-ring (bicyclic) bond motifs is 2. The van der Waals surface area contributed by atoms with Crippen molar-refractivity contribution in [3.05, 3.63) is 100 Å². The fraction of sp³-hybridized carbons (Fsp3) is 0.469. The maximum Gasteiger partial charge on any atom is 0.0921 e. The van der Waals surface area contributed by atoms with Crippen LogP contribution in [0.5, 0.6) is 0 Å². The summed E-state index contributed by atoms with van der Waals surface area (Å²) in [5.74, 6) is 0.319. The van der Waals surface area contributed by atoms with E-state index < -0.39 is 0 Å². The third-order valence-corrected chi connectivity index (χ3v) is 8.32. The molecule has 0 spiro atoms. The number of nitrogens with one attached hydrogen (secondary N) is 2. The lowest BCUT2D eigenvalue weighted by Gasteiger charge is -2.26. The van der Waals surface area contributed by atoms with E-state index >= 15 is 0 Å². The van der Waals surface area contributed by atoms with Crippen molar-refractivity contribution >= 4 is 11.6 Å². The number of benzene rings is 1. The summed E-state index contributed by atoms with van der Waals surface area (Å²) in [5, 5.41) is 0.832. The summed E-state index contributed by atoms with van der Waals surface area (Å²) in [6, 6.07) is 10.8. The highest BCUT2D eigenvalue weighted by molar-refractivity contribution is 6.30. The van der Waals surface area contributed by atoms with Gasteiger partial charge in [-0.3, -0.25) is 4.98 Å². The number of aromatic nitrogens is 5. The third-order valence-electron chi connectivity index (χ3n) is 8.08. The number of unbranched alkanes of at least 4 members (excludes halogenated alkanes) is 4. The molecule has 7 heteroatoms. The van der Waals surface area contributed by atoms with Crippen LogP contribution in [0, 0.1) is 0 Å². The van der Waals surface area contributed by atoms with E-state index in [4.69, 9.17) is 16.6 Å². The number of aryl methyl sites for hydroxylation is 4. The van der Waals surface area contributed by atoms with Gasteiger partial charge in [0.2, 0.25) is 0 Å². The van der Waals surface area contributed by atoms with E-state index in [-0.39, 0.29) is 0 Å². The van der Waals surface area contributed by atoms with Gasteiger partial charge in [-0.2, -0.15) is 0 Å². The number of H-pyrrole nitrogens is 2. The molecular weight excluding hydrogens is 504 g/mol. The Hall–Kier alpha value is -2.96. The molecular formula is C32H41ClN6. The lowest BCUT2D eigenvalue weighted by molar-refractivity contribution is 0.254. The minimum absolute atomic E-state index is 0.319. The molecule has 3 heterocycles. The van der Waals surface area contributed by atoms with Gasteiger partial charge in [-0.25, -0.2) is 9.97 Å². The van der Waals surface area contributed by atoms with Crippen molar-refractivity contribution in [2.24, 2.45) is 0 Å². The number of imidazole rings is 2. The van der Waals surface area contributed by atoms with Crippen molar-refractivity contribution in [3.8, 4) is 0 Å². The first kappa shape index (κ1) is 27.6. The summed E-state index contributed by atoms with van der Waals surface area (Å²) in [6.45, 7) is 3.39. The SMILES string of the molecule is Clc1ccc2c(c1)CCc1cccnc1C2CCN(CCCCCc1cnc[nH]1)CCCCCc1cnc[nH]1. The summed E-state index contributed by atoms with van der Waals surface area (Å²) >= 11 is 6.41. The molecule has 3 aromatic heterocycles. The molecule has 4 aromatic rings. The number of nitrogens with zero attached hydrogens (tertiary/aromatic N) is 4. The number of hydrogen-bond acceptors (Lipinski definition) is 4. The zero-order valence-corrected chi connectivity index (χ0v) is 23.7. The average Bonchev–Trinajstić information content (AvgIpc) is 3.65. The van der Waals surface area contributed by atoms with Crippen LogP contribution in [-0.2, 0) is 25.7 Å². The highest BCUT2D eigenvalue weighted by Crippen LogP contribution is 2.36. The summed E-state index contributed by atoms with van der Waals surface area (Å²) in [7, 11) is 0. The normalized spacial score (nSPS) is 14.8. The van der Waals surface area contributed by atoms with E-state index in [0.29, 0.717) is 5.92 Å². The predicted molar refractivity (Wildman–Crippen MR) is 158 cm³/mol. The van der Waals surface area contributed by atoms with Gasteiger partial charge in [0.1, 0.15) is 0 Å². The van der Waals surface area contributed by atoms with Crippen LogP contribution in [0.3, 0.4) is 0 Å². The fourth-order valence-electron chi connectivity index (χ4n) is 5.96. The minimum atomic E-state index is 0.319. The van der Waals surface area contributed by atoms with Crippen molar-refractivity contribution in [1.82, 2.24) is 29.8 Å². The van der Waals surface area contributed by atoms with Crippen LogP contribution in [-0.4, -0.2) is 49.5 Å². The zero-order valence-electron chi connectivity index (χ0n) is 22.9. The predicted octanol–water partition coefficient (Wildman–Crippen LogP) is 6.93. The highest BCUT2D eigenvalue weighted by Gasteiger charge is 2.25. The van der Waals surface area contributed by atoms with Crippen molar-refractivity contribution in [2.45, 2.75) is 76.5 Å². The van der Waals surface area contributed by atoms with E-state index in [1.165, 1.54) is 72.3 Å². The summed E-state index contributed by atoms with van der Waals surface area (Å²) in [4.78, 5) is 22.4. The largest absolute Gasteiger partial charge is 0.348 e. The van der Waals surface area contributed by atoms with Crippen molar-refractivity contribution in [1.29, 1.82) is 0 Å². The molecule has 0 amide bonds. The molecule has 0 aliphatic heterocycles. The quantitative estimate of drug-likeness (QED) is 0.159. The molecule has 1 unspecified atom stereocenters. The first-order chi connectivity index (χ1) is 19.3. The molecule has 0 bridgehead atoms. The standard InChI is InChI=1S/C32H41ClN6/c33-27-13-14-30-26(20-27)12-11-25-8-7-16-36-32(25)31(30)15-19-39(17-5-1-3-9-28-21-34-23-37-28)18-6-2-4-10-29-22-35-24-38-29/h7-8,13-14,16,20-24,31H,1-6,9-12,15,17-19H2,(H,34,37)(H,35,38). The first-order valence-electron chi connectivity index (χ1n) is 14.7. The van der Waals surface area contributed by atoms with Gasteiger partial charge in [-0.05, 0) is 112 Å². The summed E-state index contributed by atoms with van der Waals surface area (Å²) in [6.07, 6.45) is 22.1. The van der Waals surface area contributed by atoms with Crippen LogP contribution in [0.4, 0.5) is 0 Å². The monoisotopic (exact) mass is 544 g/mol. The molecule has 1 aromatic carbocycles. The third kappa shape index (κ3) is 8.02. The molecule has 0 radical (unpaired) electrons. The van der Waals surface area contributed by atoms with Gasteiger partial charge in [-0.1, -0.05) is 36.6 Å². The number of aromatic amines is 2. The van der Waals surface area contributed by atoms with Crippen LogP contribution in [0.25, 0.3) is 0 Å². The molecule has 5 rings (SSSR count). The van der Waals surface area contributed by atoms with Gasteiger partial charge < -0.3 is 14.9 Å². The highest BCUT2D eigenvalue weighted by atomic mass is 35.5. The van der Waals surface area contributed by atoms with Crippen molar-refractivity contribution in [2.75, 3.05) is 19.6 Å². The molecule has 206 valence electrons. The lowest BCUT2D eigenvalue weighted by atomic mass is 9.88. The van der Waals surface area contributed by atoms with Crippen molar-refractivity contribution < 1.29 is 0 Å². The second-order valence-corrected chi connectivity index (χ2v) is 11.3. The maximum absolute atomic E-state index is 6.41. The number of pyridine rings is 1.